The highest BCUT2D eigenvalue weighted by Gasteiger charge is 2.32. The van der Waals surface area contributed by atoms with Gasteiger partial charge in [0.25, 0.3) is 11.9 Å². The zero-order valence-electron chi connectivity index (χ0n) is 23.9. The van der Waals surface area contributed by atoms with Gasteiger partial charge in [0.05, 0.1) is 27.9 Å². The van der Waals surface area contributed by atoms with Crippen molar-refractivity contribution in [2.45, 2.75) is 38.4 Å². The Balaban J connectivity index is 1.27. The van der Waals surface area contributed by atoms with Gasteiger partial charge in [-0.05, 0) is 84.0 Å². The fraction of sp³-hybridized carbons (Fsp3) is 0.194. The second kappa shape index (κ2) is 12.8. The molecule has 0 aliphatic heterocycles. The van der Waals surface area contributed by atoms with Crippen molar-refractivity contribution in [1.29, 1.82) is 5.26 Å². The van der Waals surface area contributed by atoms with Crippen molar-refractivity contribution in [3.8, 4) is 6.07 Å². The predicted octanol–water partition coefficient (Wildman–Crippen LogP) is 7.15. The van der Waals surface area contributed by atoms with E-state index in [1.807, 2.05) is 24.3 Å². The Morgan fingerprint density at radius 2 is 1.83 bits per heavy atom. The summed E-state index contributed by atoms with van der Waals surface area (Å²) in [5.74, 6) is -0.424. The van der Waals surface area contributed by atoms with E-state index in [2.05, 4.69) is 42.3 Å². The minimum Gasteiger partial charge on any atom is -0.290 e. The summed E-state index contributed by atoms with van der Waals surface area (Å²) < 4.78 is 40.4. The third-order valence-electron chi connectivity index (χ3n) is 7.37. The number of H-pyrrole nitrogens is 1. The Kier molecular flexibility index (Phi) is 8.45. The lowest BCUT2D eigenvalue weighted by atomic mass is 9.93. The van der Waals surface area contributed by atoms with Crippen LogP contribution in [0.1, 0.15) is 58.3 Å². The molecule has 11 nitrogen and oxygen atoms in total. The molecule has 0 bridgehead atoms. The van der Waals surface area contributed by atoms with E-state index in [4.69, 9.17) is 0 Å². The summed E-state index contributed by atoms with van der Waals surface area (Å²) in [6, 6.07) is 17.0. The molecule has 0 unspecified atom stereocenters. The van der Waals surface area contributed by atoms with E-state index in [1.165, 1.54) is 10.5 Å². The van der Waals surface area contributed by atoms with Crippen molar-refractivity contribution in [2.75, 3.05) is 15.5 Å². The number of amides is 3. The molecule has 0 saturated heterocycles. The number of rotatable bonds is 7. The van der Waals surface area contributed by atoms with Crippen LogP contribution in [0.15, 0.2) is 66.7 Å². The summed E-state index contributed by atoms with van der Waals surface area (Å²) in [5, 5.41) is 27.8. The largest absolute Gasteiger partial charge is 0.416 e. The Hall–Kier alpha value is -5.62. The Bertz CT molecular complexity index is 1960. The van der Waals surface area contributed by atoms with Crippen LogP contribution >= 0.6 is 11.3 Å². The van der Waals surface area contributed by atoms with Crippen LogP contribution < -0.4 is 15.5 Å². The number of carbonyl (C=O) groups excluding carboxylic acids is 2. The van der Waals surface area contributed by atoms with Crippen LogP contribution in [0.5, 0.6) is 0 Å². The zero-order valence-corrected chi connectivity index (χ0v) is 24.7. The maximum atomic E-state index is 13.8. The molecule has 0 atom stereocenters. The van der Waals surface area contributed by atoms with Crippen LogP contribution in [-0.2, 0) is 12.7 Å². The van der Waals surface area contributed by atoms with Crippen molar-refractivity contribution in [3.63, 3.8) is 0 Å². The van der Waals surface area contributed by atoms with E-state index < -0.39 is 23.7 Å². The third-order valence-corrected chi connectivity index (χ3v) is 8.38. The number of aromatic nitrogens is 5. The average molecular weight is 644 g/mol. The number of benzene rings is 3. The number of nitriles is 1. The number of allylic oxidation sites excluding steroid dienone is 2. The fourth-order valence-electron chi connectivity index (χ4n) is 5.06. The molecule has 0 radical (unpaired) electrons. The lowest BCUT2D eigenvalue weighted by Crippen LogP contribution is -2.34. The van der Waals surface area contributed by atoms with Gasteiger partial charge in [-0.25, -0.2) is 9.78 Å². The molecule has 0 fully saturated rings. The van der Waals surface area contributed by atoms with E-state index in [0.29, 0.717) is 16.8 Å². The summed E-state index contributed by atoms with van der Waals surface area (Å²) in [6.07, 6.45) is 1.85. The molecule has 5 aromatic rings. The first-order chi connectivity index (χ1) is 22.2. The van der Waals surface area contributed by atoms with Crippen LogP contribution in [-0.4, -0.2) is 37.5 Å². The Morgan fingerprint density at radius 3 is 2.48 bits per heavy atom. The summed E-state index contributed by atoms with van der Waals surface area (Å²) in [5.41, 5.74) is 2.68. The van der Waals surface area contributed by atoms with Gasteiger partial charge in [-0.3, -0.25) is 20.3 Å². The summed E-state index contributed by atoms with van der Waals surface area (Å²) in [6.45, 7) is 0.0905. The van der Waals surface area contributed by atoms with Crippen LogP contribution in [0.25, 0.3) is 15.8 Å². The number of halogens is 3. The number of urea groups is 1. The molecule has 0 spiro atoms. The van der Waals surface area contributed by atoms with Gasteiger partial charge in [-0.2, -0.15) is 23.6 Å². The first kappa shape index (κ1) is 30.4. The molecule has 0 saturated carbocycles. The van der Waals surface area contributed by atoms with Crippen LogP contribution in [0, 0.1) is 11.3 Å². The molecule has 232 valence electrons. The number of nitrogens with zero attached hydrogens (tertiary/aromatic N) is 6. The molecule has 6 rings (SSSR count). The number of nitrogens with one attached hydrogen (secondary N) is 3. The monoisotopic (exact) mass is 643 g/mol. The maximum absolute atomic E-state index is 13.8. The van der Waals surface area contributed by atoms with Crippen molar-refractivity contribution >= 4 is 55.8 Å². The highest BCUT2D eigenvalue weighted by Crippen LogP contribution is 2.37. The molecule has 3 N–H and O–H groups in total. The second-order valence-electron chi connectivity index (χ2n) is 10.4. The number of alkyl halides is 3. The number of fused-ring (bicyclic) bond motifs is 1. The molecule has 1 aliphatic carbocycles. The SMILES string of the molecule is N#Cc1cc(C(F)(F)F)cc2nc(NC(=O)N(Cc3ccc(C(=O)Nc4nn[nH]n4)cc3)c3ccc(C4=CCCCC4)cc3)sc12. The van der Waals surface area contributed by atoms with E-state index in [1.54, 1.807) is 30.3 Å². The summed E-state index contributed by atoms with van der Waals surface area (Å²) in [7, 11) is 0. The van der Waals surface area contributed by atoms with Crippen molar-refractivity contribution < 1.29 is 22.8 Å². The standard InChI is InChI=1S/C31H24F3N9O2S/c32-31(33,34)23-14-22(16-35)26-25(15-23)36-29(46-26)38-30(45)43(24-12-10-20(11-13-24)19-4-2-1-3-5-19)17-18-6-8-21(9-7-18)27(44)37-28-39-41-42-40-28/h4,6-15H,1-3,5,17H2,(H,36,38,45)(H2,37,39,40,41,42,44). The first-order valence-electron chi connectivity index (χ1n) is 14.1. The van der Waals surface area contributed by atoms with E-state index >= 15 is 0 Å². The number of aromatic amines is 1. The molecule has 46 heavy (non-hydrogen) atoms. The van der Waals surface area contributed by atoms with E-state index in [0.717, 1.165) is 54.7 Å². The number of thiazole rings is 1. The van der Waals surface area contributed by atoms with Gasteiger partial charge in [0.2, 0.25) is 0 Å². The topological polar surface area (TPSA) is 153 Å². The molecule has 1 aliphatic rings. The van der Waals surface area contributed by atoms with Gasteiger partial charge >= 0.3 is 12.2 Å². The average Bonchev–Trinajstić information content (AvgIpc) is 3.73. The van der Waals surface area contributed by atoms with Crippen LogP contribution in [0.2, 0.25) is 0 Å². The normalized spacial score (nSPS) is 13.1. The molecule has 3 aromatic carbocycles. The molecule has 2 heterocycles. The van der Waals surface area contributed by atoms with Gasteiger partial charge in [0, 0.05) is 11.3 Å². The minimum absolute atomic E-state index is 0.0238. The second-order valence-corrected chi connectivity index (χ2v) is 11.4. The predicted molar refractivity (Wildman–Crippen MR) is 166 cm³/mol. The van der Waals surface area contributed by atoms with E-state index in [9.17, 15) is 28.0 Å². The molecule has 15 heteroatoms. The van der Waals surface area contributed by atoms with Crippen LogP contribution in [0.3, 0.4) is 0 Å². The van der Waals surface area contributed by atoms with Crippen LogP contribution in [0.4, 0.5) is 34.7 Å². The smallest absolute Gasteiger partial charge is 0.290 e. The molecule has 3 amide bonds. The van der Waals surface area contributed by atoms with Crippen molar-refractivity contribution in [2.24, 2.45) is 0 Å². The highest BCUT2D eigenvalue weighted by atomic mass is 32.1. The van der Waals surface area contributed by atoms with Gasteiger partial charge in [0.1, 0.15) is 6.07 Å². The third kappa shape index (κ3) is 6.71. The van der Waals surface area contributed by atoms with E-state index in [-0.39, 0.29) is 33.4 Å². The van der Waals surface area contributed by atoms with Gasteiger partial charge < -0.3 is 0 Å². The van der Waals surface area contributed by atoms with Gasteiger partial charge in [-0.1, -0.05) is 46.8 Å². The number of anilines is 3. The van der Waals surface area contributed by atoms with Crippen molar-refractivity contribution in [3.05, 3.63) is 94.6 Å². The Labute approximate surface area is 263 Å². The summed E-state index contributed by atoms with van der Waals surface area (Å²) >= 11 is 0.914. The summed E-state index contributed by atoms with van der Waals surface area (Å²) in [4.78, 5) is 31.9. The van der Waals surface area contributed by atoms with Crippen molar-refractivity contribution in [1.82, 2.24) is 25.6 Å². The molecular formula is C31H24F3N9O2S. The number of hydrogen-bond acceptors (Lipinski definition) is 8. The fourth-order valence-corrected chi connectivity index (χ4v) is 5.96. The quantitative estimate of drug-likeness (QED) is 0.170. The molecule has 2 aromatic heterocycles. The zero-order chi connectivity index (χ0) is 32.3. The maximum Gasteiger partial charge on any atom is 0.416 e. The molecular weight excluding hydrogens is 619 g/mol. The number of carbonyl (C=O) groups is 2. The lowest BCUT2D eigenvalue weighted by molar-refractivity contribution is -0.137. The number of hydrogen-bond donors (Lipinski definition) is 3. The minimum atomic E-state index is -4.66. The van der Waals surface area contributed by atoms with Gasteiger partial charge in [-0.15, -0.1) is 5.10 Å². The van der Waals surface area contributed by atoms with Gasteiger partial charge in [0.15, 0.2) is 5.13 Å². The lowest BCUT2D eigenvalue weighted by Gasteiger charge is -2.23. The first-order valence-corrected chi connectivity index (χ1v) is 14.9. The highest BCUT2D eigenvalue weighted by molar-refractivity contribution is 7.22. The Morgan fingerprint density at radius 1 is 1.04 bits per heavy atom. The number of tetrazole rings is 1.